The zero-order valence-electron chi connectivity index (χ0n) is 10.3. The first-order chi connectivity index (χ1) is 7.15. The second-order valence-corrected chi connectivity index (χ2v) is 4.86. The third-order valence-electron chi connectivity index (χ3n) is 2.91. The van der Waals surface area contributed by atoms with E-state index in [9.17, 15) is 4.79 Å². The standard InChI is InChI=1S/C12H24N2O/c1-4-6-14(7-5-10(2)3)12(15)11-8-13-9-11/h10-11,13H,4-9H2,1-3H3. The molecule has 3 nitrogen and oxygen atoms in total. The molecule has 15 heavy (non-hydrogen) atoms. The molecule has 1 heterocycles. The number of hydrogen-bond acceptors (Lipinski definition) is 2. The smallest absolute Gasteiger partial charge is 0.228 e. The molecule has 0 radical (unpaired) electrons. The van der Waals surface area contributed by atoms with Crippen LogP contribution in [0.25, 0.3) is 0 Å². The lowest BCUT2D eigenvalue weighted by atomic mass is 10.0. The van der Waals surface area contributed by atoms with Gasteiger partial charge in [0, 0.05) is 26.2 Å². The van der Waals surface area contributed by atoms with Crippen LogP contribution in [-0.4, -0.2) is 37.0 Å². The predicted molar refractivity (Wildman–Crippen MR) is 62.7 cm³/mol. The van der Waals surface area contributed by atoms with Crippen molar-refractivity contribution in [3.8, 4) is 0 Å². The third kappa shape index (κ3) is 3.82. The summed E-state index contributed by atoms with van der Waals surface area (Å²) in [7, 11) is 0. The van der Waals surface area contributed by atoms with Crippen molar-refractivity contribution >= 4 is 5.91 Å². The number of nitrogens with one attached hydrogen (secondary N) is 1. The molecule has 0 spiro atoms. The molecule has 1 fully saturated rings. The summed E-state index contributed by atoms with van der Waals surface area (Å²) in [5.41, 5.74) is 0. The Bertz CT molecular complexity index is 200. The van der Waals surface area contributed by atoms with Gasteiger partial charge in [-0.25, -0.2) is 0 Å². The van der Waals surface area contributed by atoms with Gasteiger partial charge in [-0.15, -0.1) is 0 Å². The summed E-state index contributed by atoms with van der Waals surface area (Å²) in [5.74, 6) is 1.29. The van der Waals surface area contributed by atoms with Gasteiger partial charge < -0.3 is 10.2 Å². The van der Waals surface area contributed by atoms with Crippen molar-refractivity contribution in [2.24, 2.45) is 11.8 Å². The SMILES string of the molecule is CCCN(CCC(C)C)C(=O)C1CNC1. The normalized spacial score (nSPS) is 16.5. The van der Waals surface area contributed by atoms with Crippen LogP contribution in [0.1, 0.15) is 33.6 Å². The van der Waals surface area contributed by atoms with Crippen LogP contribution >= 0.6 is 0 Å². The second kappa shape index (κ2) is 6.11. The minimum atomic E-state index is 0.253. The first kappa shape index (κ1) is 12.5. The van der Waals surface area contributed by atoms with Crippen molar-refractivity contribution in [3.63, 3.8) is 0 Å². The van der Waals surface area contributed by atoms with Crippen molar-refractivity contribution < 1.29 is 4.79 Å². The van der Waals surface area contributed by atoms with Crippen LogP contribution in [-0.2, 0) is 4.79 Å². The van der Waals surface area contributed by atoms with Crippen molar-refractivity contribution in [2.45, 2.75) is 33.6 Å². The van der Waals surface area contributed by atoms with Crippen molar-refractivity contribution in [1.82, 2.24) is 10.2 Å². The summed E-state index contributed by atoms with van der Waals surface area (Å²) in [6, 6.07) is 0. The fraction of sp³-hybridized carbons (Fsp3) is 0.917. The van der Waals surface area contributed by atoms with Gasteiger partial charge >= 0.3 is 0 Å². The van der Waals surface area contributed by atoms with Gasteiger partial charge in [-0.2, -0.15) is 0 Å². The molecule has 1 N–H and O–H groups in total. The average molecular weight is 212 g/mol. The number of nitrogens with zero attached hydrogens (tertiary/aromatic N) is 1. The Morgan fingerprint density at radius 1 is 1.40 bits per heavy atom. The van der Waals surface area contributed by atoms with Gasteiger partial charge in [0.05, 0.1) is 5.92 Å². The van der Waals surface area contributed by atoms with E-state index in [1.54, 1.807) is 0 Å². The molecule has 1 saturated heterocycles. The van der Waals surface area contributed by atoms with E-state index in [-0.39, 0.29) is 5.92 Å². The molecular weight excluding hydrogens is 188 g/mol. The fourth-order valence-electron chi connectivity index (χ4n) is 1.74. The molecule has 0 aromatic heterocycles. The Kier molecular flexibility index (Phi) is 5.09. The molecule has 1 aliphatic heterocycles. The molecule has 1 amide bonds. The molecule has 0 unspecified atom stereocenters. The molecule has 0 bridgehead atoms. The fourth-order valence-corrected chi connectivity index (χ4v) is 1.74. The van der Waals surface area contributed by atoms with E-state index in [4.69, 9.17) is 0 Å². The molecule has 0 aromatic carbocycles. The Hall–Kier alpha value is -0.570. The van der Waals surface area contributed by atoms with Crippen LogP contribution in [0.3, 0.4) is 0 Å². The summed E-state index contributed by atoms with van der Waals surface area (Å²) >= 11 is 0. The summed E-state index contributed by atoms with van der Waals surface area (Å²) in [4.78, 5) is 14.1. The highest BCUT2D eigenvalue weighted by Crippen LogP contribution is 2.11. The van der Waals surface area contributed by atoms with E-state index >= 15 is 0 Å². The van der Waals surface area contributed by atoms with Gasteiger partial charge in [-0.1, -0.05) is 20.8 Å². The monoisotopic (exact) mass is 212 g/mol. The largest absolute Gasteiger partial charge is 0.342 e. The summed E-state index contributed by atoms with van der Waals surface area (Å²) in [6.45, 7) is 10.2. The molecule has 1 aliphatic rings. The summed E-state index contributed by atoms with van der Waals surface area (Å²) < 4.78 is 0. The Balaban J connectivity index is 2.37. The summed E-state index contributed by atoms with van der Waals surface area (Å²) in [5, 5.41) is 3.16. The van der Waals surface area contributed by atoms with E-state index in [0.29, 0.717) is 11.8 Å². The first-order valence-electron chi connectivity index (χ1n) is 6.14. The van der Waals surface area contributed by atoms with E-state index in [2.05, 4.69) is 26.1 Å². The lowest BCUT2D eigenvalue weighted by Gasteiger charge is -2.32. The lowest BCUT2D eigenvalue weighted by molar-refractivity contribution is -0.137. The highest BCUT2D eigenvalue weighted by molar-refractivity contribution is 5.80. The number of carbonyl (C=O) groups excluding carboxylic acids is 1. The Labute approximate surface area is 93.2 Å². The lowest BCUT2D eigenvalue weighted by Crippen LogP contribution is -2.52. The summed E-state index contributed by atoms with van der Waals surface area (Å²) in [6.07, 6.45) is 2.18. The van der Waals surface area contributed by atoms with Gasteiger partial charge in [0.2, 0.25) is 5.91 Å². The molecule has 88 valence electrons. The number of amides is 1. The van der Waals surface area contributed by atoms with Crippen LogP contribution < -0.4 is 5.32 Å². The first-order valence-corrected chi connectivity index (χ1v) is 6.14. The topological polar surface area (TPSA) is 32.3 Å². The van der Waals surface area contributed by atoms with Crippen LogP contribution in [0, 0.1) is 11.8 Å². The molecular formula is C12H24N2O. The van der Waals surface area contributed by atoms with E-state index < -0.39 is 0 Å². The van der Waals surface area contributed by atoms with E-state index in [0.717, 1.165) is 39.0 Å². The Morgan fingerprint density at radius 3 is 2.47 bits per heavy atom. The quantitative estimate of drug-likeness (QED) is 0.723. The maximum absolute atomic E-state index is 12.0. The molecule has 0 atom stereocenters. The number of rotatable bonds is 6. The maximum Gasteiger partial charge on any atom is 0.228 e. The van der Waals surface area contributed by atoms with Crippen LogP contribution in [0.15, 0.2) is 0 Å². The van der Waals surface area contributed by atoms with Crippen LogP contribution in [0.5, 0.6) is 0 Å². The van der Waals surface area contributed by atoms with Crippen molar-refractivity contribution in [3.05, 3.63) is 0 Å². The molecule has 0 saturated carbocycles. The third-order valence-corrected chi connectivity index (χ3v) is 2.91. The molecule has 1 rings (SSSR count). The van der Waals surface area contributed by atoms with Gasteiger partial charge in [-0.3, -0.25) is 4.79 Å². The predicted octanol–water partition coefficient (Wildman–Crippen LogP) is 1.49. The minimum absolute atomic E-state index is 0.253. The van der Waals surface area contributed by atoms with Gasteiger partial charge in [-0.05, 0) is 18.8 Å². The molecule has 3 heteroatoms. The second-order valence-electron chi connectivity index (χ2n) is 4.86. The average Bonchev–Trinajstić information content (AvgIpc) is 2.08. The number of carbonyl (C=O) groups is 1. The van der Waals surface area contributed by atoms with Crippen LogP contribution in [0.4, 0.5) is 0 Å². The van der Waals surface area contributed by atoms with Crippen LogP contribution in [0.2, 0.25) is 0 Å². The van der Waals surface area contributed by atoms with E-state index in [1.807, 2.05) is 4.90 Å². The highest BCUT2D eigenvalue weighted by Gasteiger charge is 2.28. The maximum atomic E-state index is 12.0. The molecule has 0 aliphatic carbocycles. The zero-order chi connectivity index (χ0) is 11.3. The zero-order valence-corrected chi connectivity index (χ0v) is 10.3. The number of hydrogen-bond donors (Lipinski definition) is 1. The van der Waals surface area contributed by atoms with E-state index in [1.165, 1.54) is 0 Å². The molecule has 0 aromatic rings. The Morgan fingerprint density at radius 2 is 2.07 bits per heavy atom. The van der Waals surface area contributed by atoms with Crippen molar-refractivity contribution in [1.29, 1.82) is 0 Å². The highest BCUT2D eigenvalue weighted by atomic mass is 16.2. The van der Waals surface area contributed by atoms with Gasteiger partial charge in [0.25, 0.3) is 0 Å². The minimum Gasteiger partial charge on any atom is -0.342 e. The van der Waals surface area contributed by atoms with Crippen molar-refractivity contribution in [2.75, 3.05) is 26.2 Å². The van der Waals surface area contributed by atoms with Gasteiger partial charge in [0.15, 0.2) is 0 Å². The van der Waals surface area contributed by atoms with Gasteiger partial charge in [0.1, 0.15) is 0 Å².